The van der Waals surface area contributed by atoms with E-state index in [0.29, 0.717) is 24.1 Å². The minimum Gasteiger partial charge on any atom is -0.337 e. The third-order valence-electron chi connectivity index (χ3n) is 7.96. The van der Waals surface area contributed by atoms with Crippen LogP contribution in [0.3, 0.4) is 0 Å². The first-order chi connectivity index (χ1) is 15.4. The largest absolute Gasteiger partial charge is 0.337 e. The zero-order valence-corrected chi connectivity index (χ0v) is 18.8. The lowest BCUT2D eigenvalue weighted by Crippen LogP contribution is -2.55. The van der Waals surface area contributed by atoms with Gasteiger partial charge in [0.2, 0.25) is 5.91 Å². The van der Waals surface area contributed by atoms with E-state index in [1.165, 1.54) is 6.07 Å². The number of halogens is 1. The van der Waals surface area contributed by atoms with Gasteiger partial charge in [-0.2, -0.15) is 0 Å². The molecule has 3 fully saturated rings. The highest BCUT2D eigenvalue weighted by Crippen LogP contribution is 2.53. The van der Waals surface area contributed by atoms with Gasteiger partial charge in [0.15, 0.2) is 0 Å². The molecule has 2 amide bonds. The van der Waals surface area contributed by atoms with Gasteiger partial charge in [-0.15, -0.1) is 0 Å². The van der Waals surface area contributed by atoms with Gasteiger partial charge in [-0.05, 0) is 43.0 Å². The molecule has 0 unspecified atom stereocenters. The van der Waals surface area contributed by atoms with Crippen molar-refractivity contribution in [2.45, 2.75) is 70.5 Å². The number of amides is 2. The quantitative estimate of drug-likeness (QED) is 0.726. The summed E-state index contributed by atoms with van der Waals surface area (Å²) in [6, 6.07) is 10.7. The first kappa shape index (κ1) is 21.1. The molecule has 1 aromatic heterocycles. The predicted octanol–water partition coefficient (Wildman–Crippen LogP) is 4.21. The number of pyridine rings is 1. The van der Waals surface area contributed by atoms with E-state index in [1.54, 1.807) is 25.3 Å². The van der Waals surface area contributed by atoms with Crippen LogP contribution in [0.4, 0.5) is 4.39 Å². The molecule has 0 spiro atoms. The summed E-state index contributed by atoms with van der Waals surface area (Å²) in [5, 5.41) is 0. The summed E-state index contributed by atoms with van der Waals surface area (Å²) in [7, 11) is 0. The van der Waals surface area contributed by atoms with Crippen LogP contribution in [-0.2, 0) is 11.2 Å². The van der Waals surface area contributed by atoms with Gasteiger partial charge in [-0.3, -0.25) is 14.6 Å². The summed E-state index contributed by atoms with van der Waals surface area (Å²) < 4.78 is 14.0. The van der Waals surface area contributed by atoms with Crippen LogP contribution in [-0.4, -0.2) is 51.3 Å². The Morgan fingerprint density at radius 2 is 1.88 bits per heavy atom. The summed E-state index contributed by atoms with van der Waals surface area (Å²) in [4.78, 5) is 34.6. The minimum absolute atomic E-state index is 0.000260. The van der Waals surface area contributed by atoms with Crippen molar-refractivity contribution in [1.29, 1.82) is 0 Å². The number of likely N-dealkylation sites (tertiary alicyclic amines) is 2. The number of aromatic nitrogens is 1. The van der Waals surface area contributed by atoms with E-state index in [4.69, 9.17) is 0 Å². The molecule has 2 saturated heterocycles. The van der Waals surface area contributed by atoms with Gasteiger partial charge in [-0.25, -0.2) is 4.39 Å². The fourth-order valence-electron chi connectivity index (χ4n) is 6.46. The van der Waals surface area contributed by atoms with Gasteiger partial charge >= 0.3 is 0 Å². The molecule has 5 rings (SSSR count). The second-order valence-electron chi connectivity index (χ2n) is 9.87. The molecule has 6 heteroatoms. The highest BCUT2D eigenvalue weighted by molar-refractivity contribution is 5.95. The Balaban J connectivity index is 1.40. The second kappa shape index (κ2) is 7.98. The van der Waals surface area contributed by atoms with Crippen molar-refractivity contribution in [3.63, 3.8) is 0 Å². The van der Waals surface area contributed by atoms with E-state index >= 15 is 0 Å². The Labute approximate surface area is 188 Å². The average Bonchev–Trinajstić information content (AvgIpc) is 2.88. The Hall–Kier alpha value is -2.76. The van der Waals surface area contributed by atoms with Crippen LogP contribution < -0.4 is 0 Å². The number of piperidine rings is 1. The predicted molar refractivity (Wildman–Crippen MR) is 120 cm³/mol. The lowest BCUT2D eigenvalue weighted by atomic mass is 9.71. The maximum atomic E-state index is 14.0. The highest BCUT2D eigenvalue weighted by Gasteiger charge is 2.60. The molecule has 2 aromatic rings. The van der Waals surface area contributed by atoms with Crippen molar-refractivity contribution in [3.8, 4) is 0 Å². The van der Waals surface area contributed by atoms with Crippen LogP contribution in [0.2, 0.25) is 0 Å². The highest BCUT2D eigenvalue weighted by atomic mass is 19.1. The fourth-order valence-corrected chi connectivity index (χ4v) is 6.46. The van der Waals surface area contributed by atoms with Crippen molar-refractivity contribution < 1.29 is 14.0 Å². The van der Waals surface area contributed by atoms with Crippen LogP contribution >= 0.6 is 0 Å². The molecule has 1 aliphatic carbocycles. The van der Waals surface area contributed by atoms with Gasteiger partial charge in [0.1, 0.15) is 5.82 Å². The molecule has 4 atom stereocenters. The summed E-state index contributed by atoms with van der Waals surface area (Å²) in [5.41, 5.74) is 1.83. The third-order valence-corrected chi connectivity index (χ3v) is 7.96. The molecule has 168 valence electrons. The number of carbonyl (C=O) groups excluding carboxylic acids is 2. The van der Waals surface area contributed by atoms with E-state index in [-0.39, 0.29) is 41.2 Å². The van der Waals surface area contributed by atoms with E-state index < -0.39 is 0 Å². The van der Waals surface area contributed by atoms with Gasteiger partial charge in [0.25, 0.3) is 5.91 Å². The third kappa shape index (κ3) is 3.40. The Morgan fingerprint density at radius 3 is 2.56 bits per heavy atom. The first-order valence-electron chi connectivity index (χ1n) is 11.7. The maximum absolute atomic E-state index is 14.0. The van der Waals surface area contributed by atoms with Gasteiger partial charge in [0.05, 0.1) is 11.6 Å². The summed E-state index contributed by atoms with van der Waals surface area (Å²) in [6.07, 6.45) is 7.16. The number of carbonyl (C=O) groups is 2. The summed E-state index contributed by atoms with van der Waals surface area (Å²) in [5.74, 6) is -0.135. The number of fused-ring (bicyclic) bond motifs is 1. The topological polar surface area (TPSA) is 53.5 Å². The number of benzene rings is 1. The Morgan fingerprint density at radius 1 is 1.12 bits per heavy atom. The van der Waals surface area contributed by atoms with Crippen molar-refractivity contribution in [2.24, 2.45) is 5.41 Å². The first-order valence-corrected chi connectivity index (χ1v) is 11.7. The van der Waals surface area contributed by atoms with Crippen LogP contribution in [0.5, 0.6) is 0 Å². The molecule has 32 heavy (non-hydrogen) atoms. The van der Waals surface area contributed by atoms with Gasteiger partial charge in [0, 0.05) is 49.3 Å². The van der Waals surface area contributed by atoms with Crippen LogP contribution in [0.1, 0.15) is 67.6 Å². The zero-order valence-electron chi connectivity index (χ0n) is 18.8. The summed E-state index contributed by atoms with van der Waals surface area (Å²) in [6.45, 7) is 4.55. The molecule has 2 aliphatic heterocycles. The SMILES string of the molecule is CC(=O)N1C[C@@H]2C[C@@]3(C)[C@H](CCCC[C@@H]13)N2C(=O)c1ccc(Cc2ccccc2F)nc1. The number of rotatable bonds is 3. The maximum Gasteiger partial charge on any atom is 0.256 e. The molecule has 1 aromatic carbocycles. The molecular weight excluding hydrogens is 405 g/mol. The molecule has 0 radical (unpaired) electrons. The molecule has 3 aliphatic rings. The minimum atomic E-state index is -0.245. The number of hydrogen-bond acceptors (Lipinski definition) is 3. The lowest BCUT2D eigenvalue weighted by molar-refractivity contribution is -0.136. The molecule has 3 heterocycles. The normalized spacial score (nSPS) is 29.0. The van der Waals surface area contributed by atoms with Gasteiger partial charge in [-0.1, -0.05) is 38.0 Å². The fraction of sp³-hybridized carbons (Fsp3) is 0.500. The Bertz CT molecular complexity index is 1040. The van der Waals surface area contributed by atoms with Crippen molar-refractivity contribution in [2.75, 3.05) is 6.54 Å². The van der Waals surface area contributed by atoms with Crippen molar-refractivity contribution >= 4 is 11.8 Å². The standard InChI is InChI=1S/C26H30FN3O2/c1-17(31)29-16-21-14-26(2)23(29)9-5-6-10-24(26)30(21)25(32)19-11-12-20(28-15-19)13-18-7-3-4-8-22(18)27/h3-4,7-8,11-12,15,21,23-24H,5-6,9-10,13-14,16H2,1-2H3/t21-,23+,24-,26+/m0/s1. The van der Waals surface area contributed by atoms with Crippen molar-refractivity contribution in [1.82, 2.24) is 14.8 Å². The molecule has 5 nitrogen and oxygen atoms in total. The monoisotopic (exact) mass is 435 g/mol. The zero-order chi connectivity index (χ0) is 22.5. The molecular formula is C26H30FN3O2. The number of hydrogen-bond donors (Lipinski definition) is 0. The van der Waals surface area contributed by atoms with Crippen molar-refractivity contribution in [3.05, 3.63) is 65.2 Å². The summed E-state index contributed by atoms with van der Waals surface area (Å²) >= 11 is 0. The number of nitrogens with zero attached hydrogens (tertiary/aromatic N) is 3. The lowest BCUT2D eigenvalue weighted by Gasteiger charge is -2.46. The van der Waals surface area contributed by atoms with Crippen LogP contribution in [0.25, 0.3) is 0 Å². The van der Waals surface area contributed by atoms with Gasteiger partial charge < -0.3 is 9.80 Å². The average molecular weight is 436 g/mol. The molecule has 0 N–H and O–H groups in total. The van der Waals surface area contributed by atoms with E-state index in [1.807, 2.05) is 23.1 Å². The van der Waals surface area contributed by atoms with Crippen LogP contribution in [0.15, 0.2) is 42.6 Å². The molecule has 1 saturated carbocycles. The second-order valence-corrected chi connectivity index (χ2v) is 9.87. The Kier molecular flexibility index (Phi) is 5.26. The van der Waals surface area contributed by atoms with E-state index in [9.17, 15) is 14.0 Å². The van der Waals surface area contributed by atoms with E-state index in [0.717, 1.165) is 37.8 Å². The van der Waals surface area contributed by atoms with E-state index in [2.05, 4.69) is 16.8 Å². The van der Waals surface area contributed by atoms with Crippen LogP contribution in [0, 0.1) is 11.2 Å². The smallest absolute Gasteiger partial charge is 0.256 e. The molecule has 2 bridgehead atoms.